The van der Waals surface area contributed by atoms with Crippen LogP contribution in [0.5, 0.6) is 0 Å². The summed E-state index contributed by atoms with van der Waals surface area (Å²) < 4.78 is 4.82. The highest BCUT2D eigenvalue weighted by Gasteiger charge is 2.39. The molecule has 0 bridgehead atoms. The second-order valence-electron chi connectivity index (χ2n) is 6.49. The maximum absolute atomic E-state index is 12.3. The smallest absolute Gasteiger partial charge is 0.325 e. The predicted molar refractivity (Wildman–Crippen MR) is 79.1 cm³/mol. The van der Waals surface area contributed by atoms with Gasteiger partial charge >= 0.3 is 5.97 Å². The quantitative estimate of drug-likeness (QED) is 0.622. The molecule has 20 heavy (non-hydrogen) atoms. The Labute approximate surface area is 122 Å². The summed E-state index contributed by atoms with van der Waals surface area (Å²) in [6.45, 7) is 12.4. The lowest BCUT2D eigenvalue weighted by Gasteiger charge is -2.40. The van der Waals surface area contributed by atoms with Crippen molar-refractivity contribution in [3.8, 4) is 0 Å². The molecule has 1 N–H and O–H groups in total. The number of ether oxygens (including phenoxy) is 1. The van der Waals surface area contributed by atoms with Gasteiger partial charge in [-0.15, -0.1) is 0 Å². The molecule has 1 rings (SSSR count). The first-order chi connectivity index (χ1) is 9.26. The average molecular weight is 281 g/mol. The second kappa shape index (κ2) is 6.91. The average Bonchev–Trinajstić information content (AvgIpc) is 2.34. The Bertz CT molecular complexity index is 387. The molecule has 2 atom stereocenters. The van der Waals surface area contributed by atoms with E-state index >= 15 is 0 Å². The predicted octanol–water partition coefficient (Wildman–Crippen LogP) is 2.68. The number of carbonyl (C=O) groups excluding carboxylic acids is 2. The minimum Gasteiger partial charge on any atom is -0.465 e. The van der Waals surface area contributed by atoms with E-state index in [0.717, 1.165) is 24.8 Å². The van der Waals surface area contributed by atoms with Crippen molar-refractivity contribution in [1.82, 2.24) is 5.32 Å². The summed E-state index contributed by atoms with van der Waals surface area (Å²) in [5.41, 5.74) is 1.22. The summed E-state index contributed by atoms with van der Waals surface area (Å²) in [6, 6.07) is 0. The first-order valence-electron chi connectivity index (χ1n) is 7.35. The molecule has 1 aliphatic rings. The topological polar surface area (TPSA) is 55.4 Å². The highest BCUT2D eigenvalue weighted by molar-refractivity contribution is 5.84. The highest BCUT2D eigenvalue weighted by atomic mass is 16.5. The van der Waals surface area contributed by atoms with Crippen molar-refractivity contribution in [3.05, 3.63) is 12.2 Å². The van der Waals surface area contributed by atoms with Gasteiger partial charge in [0, 0.05) is 5.92 Å². The number of rotatable bonds is 5. The molecule has 0 spiro atoms. The van der Waals surface area contributed by atoms with E-state index in [9.17, 15) is 9.59 Å². The number of allylic oxidation sites excluding steroid dienone is 1. The molecular weight excluding hydrogens is 254 g/mol. The third-order valence-electron chi connectivity index (χ3n) is 4.07. The van der Waals surface area contributed by atoms with Crippen LogP contribution in [-0.2, 0) is 14.3 Å². The van der Waals surface area contributed by atoms with E-state index in [1.54, 1.807) is 6.92 Å². The normalized spacial score (nSPS) is 24.8. The van der Waals surface area contributed by atoms with Crippen LogP contribution in [0, 0.1) is 17.3 Å². The van der Waals surface area contributed by atoms with Crippen molar-refractivity contribution < 1.29 is 14.3 Å². The maximum Gasteiger partial charge on any atom is 0.325 e. The number of esters is 1. The van der Waals surface area contributed by atoms with E-state index in [-0.39, 0.29) is 35.7 Å². The Morgan fingerprint density at radius 2 is 2.00 bits per heavy atom. The molecule has 0 aliphatic heterocycles. The standard InChI is InChI=1S/C16H27NO3/c1-6-20-14(18)10-17-15(19)13-9-16(4,5)8-7-12(13)11(2)3/h12-13H,2,6-10H2,1,3-5H3,(H,17,19)/t12-,13?/m1/s1. The molecule has 1 unspecified atom stereocenters. The fraction of sp³-hybridized carbons (Fsp3) is 0.750. The van der Waals surface area contributed by atoms with Crippen LogP contribution in [0.15, 0.2) is 12.2 Å². The molecule has 4 nitrogen and oxygen atoms in total. The Kier molecular flexibility index (Phi) is 5.78. The zero-order valence-electron chi connectivity index (χ0n) is 13.1. The van der Waals surface area contributed by atoms with Crippen molar-refractivity contribution >= 4 is 11.9 Å². The molecule has 0 aromatic carbocycles. The van der Waals surface area contributed by atoms with E-state index in [0.29, 0.717) is 6.61 Å². The number of hydrogen-bond acceptors (Lipinski definition) is 3. The Morgan fingerprint density at radius 3 is 2.55 bits per heavy atom. The van der Waals surface area contributed by atoms with Gasteiger partial charge in [-0.05, 0) is 44.4 Å². The molecule has 1 fully saturated rings. The molecule has 0 saturated heterocycles. The largest absolute Gasteiger partial charge is 0.465 e. The summed E-state index contributed by atoms with van der Waals surface area (Å²) in [7, 11) is 0. The van der Waals surface area contributed by atoms with Crippen LogP contribution < -0.4 is 5.32 Å². The number of nitrogens with one attached hydrogen (secondary N) is 1. The van der Waals surface area contributed by atoms with E-state index < -0.39 is 0 Å². The second-order valence-corrected chi connectivity index (χ2v) is 6.49. The first-order valence-corrected chi connectivity index (χ1v) is 7.35. The van der Waals surface area contributed by atoms with Gasteiger partial charge in [0.1, 0.15) is 6.54 Å². The van der Waals surface area contributed by atoms with E-state index in [2.05, 4.69) is 25.7 Å². The summed E-state index contributed by atoms with van der Waals surface area (Å²) in [5, 5.41) is 2.70. The van der Waals surface area contributed by atoms with Crippen LogP contribution in [0.2, 0.25) is 0 Å². The third kappa shape index (κ3) is 4.66. The molecule has 0 aromatic heterocycles. The summed E-state index contributed by atoms with van der Waals surface area (Å²) in [5.74, 6) is -0.322. The molecular formula is C16H27NO3. The SMILES string of the molecule is C=C(C)[C@H]1CCC(C)(C)CC1C(=O)NCC(=O)OCC. The molecule has 1 aliphatic carbocycles. The van der Waals surface area contributed by atoms with Crippen molar-refractivity contribution in [2.75, 3.05) is 13.2 Å². The fourth-order valence-corrected chi connectivity index (χ4v) is 2.95. The molecule has 114 valence electrons. The highest BCUT2D eigenvalue weighted by Crippen LogP contribution is 2.44. The minimum atomic E-state index is -0.386. The summed E-state index contributed by atoms with van der Waals surface area (Å²) >= 11 is 0. The van der Waals surface area contributed by atoms with Gasteiger partial charge in [-0.25, -0.2) is 0 Å². The first kappa shape index (κ1) is 16.7. The van der Waals surface area contributed by atoms with Crippen LogP contribution in [0.1, 0.15) is 47.0 Å². The van der Waals surface area contributed by atoms with E-state index in [4.69, 9.17) is 4.74 Å². The summed E-state index contributed by atoms with van der Waals surface area (Å²) in [6.07, 6.45) is 2.92. The van der Waals surface area contributed by atoms with Crippen LogP contribution in [-0.4, -0.2) is 25.0 Å². The van der Waals surface area contributed by atoms with Gasteiger partial charge in [0.15, 0.2) is 0 Å². The Balaban J connectivity index is 2.65. The van der Waals surface area contributed by atoms with Gasteiger partial charge in [0.05, 0.1) is 6.61 Å². The van der Waals surface area contributed by atoms with E-state index in [1.807, 2.05) is 6.92 Å². The Hall–Kier alpha value is -1.32. The summed E-state index contributed by atoms with van der Waals surface area (Å²) in [4.78, 5) is 23.7. The van der Waals surface area contributed by atoms with Gasteiger partial charge < -0.3 is 10.1 Å². The lowest BCUT2D eigenvalue weighted by atomic mass is 9.65. The number of amides is 1. The van der Waals surface area contributed by atoms with Crippen LogP contribution in [0.3, 0.4) is 0 Å². The minimum absolute atomic E-state index is 0.0491. The van der Waals surface area contributed by atoms with Crippen molar-refractivity contribution in [3.63, 3.8) is 0 Å². The van der Waals surface area contributed by atoms with Crippen molar-refractivity contribution in [2.45, 2.75) is 47.0 Å². The molecule has 1 amide bonds. The Morgan fingerprint density at radius 1 is 1.35 bits per heavy atom. The van der Waals surface area contributed by atoms with Gasteiger partial charge in [-0.1, -0.05) is 26.0 Å². The fourth-order valence-electron chi connectivity index (χ4n) is 2.95. The van der Waals surface area contributed by atoms with Gasteiger partial charge in [0.25, 0.3) is 0 Å². The number of hydrogen-bond donors (Lipinski definition) is 1. The maximum atomic E-state index is 12.3. The lowest BCUT2D eigenvalue weighted by Crippen LogP contribution is -2.43. The van der Waals surface area contributed by atoms with Crippen LogP contribution >= 0.6 is 0 Å². The molecule has 1 saturated carbocycles. The van der Waals surface area contributed by atoms with Gasteiger partial charge in [-0.2, -0.15) is 0 Å². The molecule has 0 radical (unpaired) electrons. The van der Waals surface area contributed by atoms with Crippen LogP contribution in [0.25, 0.3) is 0 Å². The van der Waals surface area contributed by atoms with Crippen LogP contribution in [0.4, 0.5) is 0 Å². The monoisotopic (exact) mass is 281 g/mol. The van der Waals surface area contributed by atoms with Gasteiger partial charge in [-0.3, -0.25) is 9.59 Å². The number of carbonyl (C=O) groups is 2. The molecule has 4 heteroatoms. The molecule has 0 aromatic rings. The van der Waals surface area contributed by atoms with Crippen molar-refractivity contribution in [2.24, 2.45) is 17.3 Å². The zero-order chi connectivity index (χ0) is 15.3. The van der Waals surface area contributed by atoms with Gasteiger partial charge in [0.2, 0.25) is 5.91 Å². The van der Waals surface area contributed by atoms with E-state index in [1.165, 1.54) is 0 Å². The zero-order valence-corrected chi connectivity index (χ0v) is 13.1. The van der Waals surface area contributed by atoms with Crippen molar-refractivity contribution in [1.29, 1.82) is 0 Å². The lowest BCUT2D eigenvalue weighted by molar-refractivity contribution is -0.144. The third-order valence-corrected chi connectivity index (χ3v) is 4.07. The molecule has 0 heterocycles.